The lowest BCUT2D eigenvalue weighted by Gasteiger charge is -2.10. The van der Waals surface area contributed by atoms with E-state index in [0.29, 0.717) is 11.9 Å². The maximum atomic E-state index is 5.93. The van der Waals surface area contributed by atoms with E-state index in [-0.39, 0.29) is 0 Å². The fourth-order valence-electron chi connectivity index (χ4n) is 2.31. The van der Waals surface area contributed by atoms with Crippen molar-refractivity contribution >= 4 is 0 Å². The third-order valence-corrected chi connectivity index (χ3v) is 3.66. The van der Waals surface area contributed by atoms with E-state index in [0.717, 1.165) is 24.4 Å². The molecule has 0 saturated heterocycles. The minimum absolute atomic E-state index is 0.688. The zero-order chi connectivity index (χ0) is 14.7. The molecule has 3 nitrogen and oxygen atoms in total. The van der Waals surface area contributed by atoms with E-state index in [4.69, 9.17) is 4.74 Å². The number of nitrogens with one attached hydrogen (secondary N) is 1. The third kappa shape index (κ3) is 4.05. The molecule has 0 amide bonds. The number of aryl methyl sites for hydroxylation is 2. The van der Waals surface area contributed by atoms with E-state index in [1.807, 2.05) is 24.3 Å². The van der Waals surface area contributed by atoms with Gasteiger partial charge in [0.25, 0.3) is 0 Å². The molecule has 1 aliphatic rings. The minimum Gasteiger partial charge on any atom is -0.439 e. The Morgan fingerprint density at radius 2 is 2.10 bits per heavy atom. The van der Waals surface area contributed by atoms with Crippen LogP contribution in [0.15, 0.2) is 36.4 Å². The van der Waals surface area contributed by atoms with Crippen LogP contribution in [0.4, 0.5) is 0 Å². The van der Waals surface area contributed by atoms with Crippen LogP contribution in [0.1, 0.15) is 36.6 Å². The molecule has 1 aromatic carbocycles. The summed E-state index contributed by atoms with van der Waals surface area (Å²) < 4.78 is 5.93. The lowest BCUT2D eigenvalue weighted by molar-refractivity contribution is 0.459. The molecule has 1 N–H and O–H groups in total. The first-order valence-corrected chi connectivity index (χ1v) is 7.70. The van der Waals surface area contributed by atoms with Crippen molar-refractivity contribution in [2.24, 2.45) is 0 Å². The molecule has 0 unspecified atom stereocenters. The molecule has 1 heterocycles. The summed E-state index contributed by atoms with van der Waals surface area (Å²) in [5.41, 5.74) is 3.51. The number of ether oxygens (including phenoxy) is 1. The van der Waals surface area contributed by atoms with Crippen LogP contribution in [-0.2, 0) is 13.0 Å². The van der Waals surface area contributed by atoms with E-state index in [2.05, 4.69) is 36.3 Å². The van der Waals surface area contributed by atoms with Gasteiger partial charge >= 0.3 is 0 Å². The van der Waals surface area contributed by atoms with Crippen molar-refractivity contribution in [3.63, 3.8) is 0 Å². The van der Waals surface area contributed by atoms with E-state index in [1.54, 1.807) is 0 Å². The Morgan fingerprint density at radius 3 is 2.81 bits per heavy atom. The molecule has 1 saturated carbocycles. The molecule has 3 heteroatoms. The van der Waals surface area contributed by atoms with Gasteiger partial charge in [0.05, 0.1) is 0 Å². The Balaban J connectivity index is 1.77. The largest absolute Gasteiger partial charge is 0.439 e. The highest BCUT2D eigenvalue weighted by atomic mass is 16.5. The van der Waals surface area contributed by atoms with Gasteiger partial charge < -0.3 is 10.1 Å². The zero-order valence-corrected chi connectivity index (χ0v) is 12.7. The molecule has 110 valence electrons. The number of pyridine rings is 1. The lowest BCUT2D eigenvalue weighted by atomic mass is 10.2. The Bertz CT molecular complexity index is 620. The SMILES string of the molecule is CCc1cc(CNC2CC2)cc(Oc2cccc(C)c2)n1. The number of hydrogen-bond acceptors (Lipinski definition) is 3. The van der Waals surface area contributed by atoms with Crippen molar-refractivity contribution in [2.45, 2.75) is 45.7 Å². The van der Waals surface area contributed by atoms with Crippen molar-refractivity contribution in [3.8, 4) is 11.6 Å². The van der Waals surface area contributed by atoms with Crippen LogP contribution in [-0.4, -0.2) is 11.0 Å². The normalized spacial score (nSPS) is 14.2. The molecule has 1 aromatic heterocycles. The molecular formula is C18H22N2O. The van der Waals surface area contributed by atoms with Gasteiger partial charge in [0, 0.05) is 24.3 Å². The molecule has 3 rings (SSSR count). The van der Waals surface area contributed by atoms with Crippen LogP contribution in [0.2, 0.25) is 0 Å². The summed E-state index contributed by atoms with van der Waals surface area (Å²) in [6, 6.07) is 13.0. The topological polar surface area (TPSA) is 34.1 Å². The van der Waals surface area contributed by atoms with Crippen LogP contribution >= 0.6 is 0 Å². The first-order valence-electron chi connectivity index (χ1n) is 7.70. The number of aromatic nitrogens is 1. The van der Waals surface area contributed by atoms with Gasteiger partial charge in [-0.05, 0) is 55.5 Å². The van der Waals surface area contributed by atoms with Crippen molar-refractivity contribution in [1.29, 1.82) is 0 Å². The molecular weight excluding hydrogens is 260 g/mol. The highest BCUT2D eigenvalue weighted by Crippen LogP contribution is 2.23. The first kappa shape index (κ1) is 14.1. The predicted octanol–water partition coefficient (Wildman–Crippen LogP) is 4.00. The van der Waals surface area contributed by atoms with E-state index < -0.39 is 0 Å². The third-order valence-electron chi connectivity index (χ3n) is 3.66. The van der Waals surface area contributed by atoms with Gasteiger partial charge in [-0.2, -0.15) is 0 Å². The van der Waals surface area contributed by atoms with Gasteiger partial charge in [-0.1, -0.05) is 19.1 Å². The quantitative estimate of drug-likeness (QED) is 0.869. The maximum absolute atomic E-state index is 5.93. The Kier molecular flexibility index (Phi) is 4.20. The van der Waals surface area contributed by atoms with Crippen molar-refractivity contribution in [3.05, 3.63) is 53.2 Å². The number of rotatable bonds is 6. The van der Waals surface area contributed by atoms with Crippen molar-refractivity contribution in [2.75, 3.05) is 0 Å². The second-order valence-corrected chi connectivity index (χ2v) is 5.73. The summed E-state index contributed by atoms with van der Waals surface area (Å²) >= 11 is 0. The van der Waals surface area contributed by atoms with Gasteiger partial charge in [0.1, 0.15) is 5.75 Å². The average molecular weight is 282 g/mol. The highest BCUT2D eigenvalue weighted by molar-refractivity contribution is 5.33. The summed E-state index contributed by atoms with van der Waals surface area (Å²) in [4.78, 5) is 4.57. The fraction of sp³-hybridized carbons (Fsp3) is 0.389. The molecule has 0 spiro atoms. The standard InChI is InChI=1S/C18H22N2O/c1-3-15-10-14(12-19-16-7-8-16)11-18(20-15)21-17-6-4-5-13(2)9-17/h4-6,9-11,16,19H,3,7-8,12H2,1-2H3. The number of benzene rings is 1. The molecule has 1 fully saturated rings. The molecule has 0 radical (unpaired) electrons. The van der Waals surface area contributed by atoms with Gasteiger partial charge in [0.15, 0.2) is 0 Å². The summed E-state index contributed by atoms with van der Waals surface area (Å²) in [5, 5.41) is 3.54. The summed E-state index contributed by atoms with van der Waals surface area (Å²) in [5.74, 6) is 1.53. The van der Waals surface area contributed by atoms with Gasteiger partial charge in [-0.25, -0.2) is 4.98 Å². The monoisotopic (exact) mass is 282 g/mol. The Hall–Kier alpha value is -1.87. The van der Waals surface area contributed by atoms with Crippen LogP contribution in [0.25, 0.3) is 0 Å². The summed E-state index contributed by atoms with van der Waals surface area (Å²) in [6.45, 7) is 5.08. The molecule has 0 atom stereocenters. The zero-order valence-electron chi connectivity index (χ0n) is 12.7. The molecule has 0 bridgehead atoms. The van der Waals surface area contributed by atoms with Crippen LogP contribution in [0.3, 0.4) is 0 Å². The molecule has 21 heavy (non-hydrogen) atoms. The van der Waals surface area contributed by atoms with Crippen LogP contribution in [0.5, 0.6) is 11.6 Å². The van der Waals surface area contributed by atoms with Gasteiger partial charge in [-0.3, -0.25) is 0 Å². The summed E-state index contributed by atoms with van der Waals surface area (Å²) in [6.07, 6.45) is 3.53. The molecule has 2 aromatic rings. The van der Waals surface area contributed by atoms with Gasteiger partial charge in [-0.15, -0.1) is 0 Å². The van der Waals surface area contributed by atoms with Crippen LogP contribution in [0, 0.1) is 6.92 Å². The fourth-order valence-corrected chi connectivity index (χ4v) is 2.31. The van der Waals surface area contributed by atoms with Crippen LogP contribution < -0.4 is 10.1 Å². The molecule has 0 aliphatic heterocycles. The van der Waals surface area contributed by atoms with E-state index in [9.17, 15) is 0 Å². The van der Waals surface area contributed by atoms with Crippen molar-refractivity contribution < 1.29 is 4.74 Å². The summed E-state index contributed by atoms with van der Waals surface area (Å²) in [7, 11) is 0. The van der Waals surface area contributed by atoms with E-state index >= 15 is 0 Å². The smallest absolute Gasteiger partial charge is 0.219 e. The van der Waals surface area contributed by atoms with E-state index in [1.165, 1.54) is 24.0 Å². The second kappa shape index (κ2) is 6.27. The van der Waals surface area contributed by atoms with Crippen molar-refractivity contribution in [1.82, 2.24) is 10.3 Å². The second-order valence-electron chi connectivity index (χ2n) is 5.73. The minimum atomic E-state index is 0.688. The Morgan fingerprint density at radius 1 is 1.24 bits per heavy atom. The van der Waals surface area contributed by atoms with Gasteiger partial charge in [0.2, 0.25) is 5.88 Å². The number of hydrogen-bond donors (Lipinski definition) is 1. The maximum Gasteiger partial charge on any atom is 0.219 e. The Labute approximate surface area is 126 Å². The lowest BCUT2D eigenvalue weighted by Crippen LogP contribution is -2.15. The number of nitrogens with zero attached hydrogens (tertiary/aromatic N) is 1. The highest BCUT2D eigenvalue weighted by Gasteiger charge is 2.20. The average Bonchev–Trinajstić information content (AvgIpc) is 3.29. The predicted molar refractivity (Wildman–Crippen MR) is 84.7 cm³/mol. The molecule has 1 aliphatic carbocycles. The first-order chi connectivity index (χ1) is 10.2.